The van der Waals surface area contributed by atoms with Crippen molar-refractivity contribution in [2.75, 3.05) is 0 Å². The van der Waals surface area contributed by atoms with Gasteiger partial charge in [0.1, 0.15) is 5.03 Å². The second-order valence-electron chi connectivity index (χ2n) is 5.78. The summed E-state index contributed by atoms with van der Waals surface area (Å²) in [6.45, 7) is 0. The Morgan fingerprint density at radius 2 is 1.82 bits per heavy atom. The summed E-state index contributed by atoms with van der Waals surface area (Å²) in [4.78, 5) is 12.5. The Bertz CT molecular complexity index is 1170. The van der Waals surface area contributed by atoms with E-state index in [1.54, 1.807) is 29.5 Å². The van der Waals surface area contributed by atoms with Crippen LogP contribution in [0.4, 0.5) is 5.69 Å². The first-order valence-electron chi connectivity index (χ1n) is 8.21. The zero-order chi connectivity index (χ0) is 19.5. The quantitative estimate of drug-likeness (QED) is 0.293. The molecule has 4 aromatic rings. The summed E-state index contributed by atoms with van der Waals surface area (Å²) in [5, 5.41) is 19.1. The van der Waals surface area contributed by atoms with Crippen LogP contribution in [-0.2, 0) is 0 Å². The molecule has 0 radical (unpaired) electrons. The van der Waals surface area contributed by atoms with Gasteiger partial charge in [-0.2, -0.15) is 0 Å². The van der Waals surface area contributed by atoms with Crippen LogP contribution in [0.5, 0.6) is 0 Å². The van der Waals surface area contributed by atoms with Gasteiger partial charge in [-0.05, 0) is 29.8 Å². The zero-order valence-corrected chi connectivity index (χ0v) is 15.9. The molecule has 8 heteroatoms. The Hall–Kier alpha value is -3.29. The van der Waals surface area contributed by atoms with Gasteiger partial charge in [0.05, 0.1) is 4.92 Å². The van der Waals surface area contributed by atoms with Crippen molar-refractivity contribution in [1.82, 2.24) is 10.2 Å². The van der Waals surface area contributed by atoms with Crippen molar-refractivity contribution in [1.29, 1.82) is 0 Å². The van der Waals surface area contributed by atoms with Crippen molar-refractivity contribution in [3.8, 4) is 21.9 Å². The van der Waals surface area contributed by atoms with Gasteiger partial charge in [0.15, 0.2) is 0 Å². The van der Waals surface area contributed by atoms with Crippen LogP contribution < -0.4 is 0 Å². The molecule has 0 N–H and O–H groups in total. The molecule has 0 aliphatic heterocycles. The highest BCUT2D eigenvalue weighted by Gasteiger charge is 2.14. The molecule has 138 valence electrons. The van der Waals surface area contributed by atoms with Crippen LogP contribution in [-0.4, -0.2) is 15.1 Å². The van der Waals surface area contributed by atoms with Gasteiger partial charge in [-0.25, -0.2) is 0 Å². The molecule has 0 aliphatic rings. The Balaban J connectivity index is 1.58. The molecule has 2 aromatic heterocycles. The minimum atomic E-state index is -0.477. The molecule has 6 nitrogen and oxygen atoms in total. The number of hydrogen-bond donors (Lipinski definition) is 0. The molecule has 0 aliphatic carbocycles. The minimum Gasteiger partial charge on any atom is -0.415 e. The van der Waals surface area contributed by atoms with Crippen molar-refractivity contribution in [2.24, 2.45) is 0 Å². The van der Waals surface area contributed by atoms with Gasteiger partial charge in [-0.1, -0.05) is 48.0 Å². The number of benzene rings is 2. The topological polar surface area (TPSA) is 82.1 Å². The summed E-state index contributed by atoms with van der Waals surface area (Å²) in [7, 11) is 0. The molecular weight excluding hydrogens is 398 g/mol. The van der Waals surface area contributed by atoms with Crippen molar-refractivity contribution in [3.63, 3.8) is 0 Å². The fourth-order valence-electron chi connectivity index (χ4n) is 2.56. The van der Waals surface area contributed by atoms with Crippen LogP contribution in [0.1, 0.15) is 10.8 Å². The first-order valence-corrected chi connectivity index (χ1v) is 9.41. The third-order valence-electron chi connectivity index (χ3n) is 3.89. The molecule has 0 bridgehead atoms. The maximum Gasteiger partial charge on any atom is 0.270 e. The predicted octanol–water partition coefficient (Wildman–Crippen LogP) is 6.11. The fourth-order valence-corrected chi connectivity index (χ4v) is 3.78. The number of non-ortho nitro benzene ring substituents is 1. The van der Waals surface area contributed by atoms with Gasteiger partial charge in [0.25, 0.3) is 11.6 Å². The van der Waals surface area contributed by atoms with E-state index in [0.717, 1.165) is 15.3 Å². The summed E-state index contributed by atoms with van der Waals surface area (Å²) in [6, 6.07) is 20.0. The molecular formula is C20H12ClN3O3S. The molecule has 0 amide bonds. The van der Waals surface area contributed by atoms with Crippen molar-refractivity contribution in [2.45, 2.75) is 0 Å². The molecule has 0 fully saturated rings. The van der Waals surface area contributed by atoms with Gasteiger partial charge < -0.3 is 4.42 Å². The standard InChI is InChI=1S/C20H12ClN3O3S/c21-17(12-16-9-10-18(28-16)13-5-2-1-3-6-13)20-23-22-19(27-20)14-7-4-8-15(11-14)24(25)26/h1-12H/b17-12-. The zero-order valence-electron chi connectivity index (χ0n) is 14.3. The molecule has 28 heavy (non-hydrogen) atoms. The summed E-state index contributed by atoms with van der Waals surface area (Å²) >= 11 is 7.93. The van der Waals surface area contributed by atoms with E-state index < -0.39 is 4.92 Å². The Morgan fingerprint density at radius 1 is 1.04 bits per heavy atom. The normalized spacial score (nSPS) is 11.5. The summed E-state index contributed by atoms with van der Waals surface area (Å²) in [5.74, 6) is 0.319. The van der Waals surface area contributed by atoms with E-state index in [1.807, 2.05) is 42.5 Å². The average Bonchev–Trinajstić information content (AvgIpc) is 3.39. The Labute approximate surface area is 168 Å². The lowest BCUT2D eigenvalue weighted by atomic mass is 10.2. The lowest BCUT2D eigenvalue weighted by molar-refractivity contribution is -0.384. The van der Waals surface area contributed by atoms with E-state index in [0.29, 0.717) is 10.6 Å². The van der Waals surface area contributed by atoms with E-state index in [2.05, 4.69) is 10.2 Å². The smallest absolute Gasteiger partial charge is 0.270 e. The SMILES string of the molecule is O=[N+]([O-])c1cccc(-c2nnc(/C(Cl)=C/c3ccc(-c4ccccc4)s3)o2)c1. The van der Waals surface area contributed by atoms with Crippen LogP contribution in [0.3, 0.4) is 0 Å². The van der Waals surface area contributed by atoms with Crippen molar-refractivity contribution >= 4 is 39.7 Å². The molecule has 0 spiro atoms. The number of aromatic nitrogens is 2. The van der Waals surface area contributed by atoms with Gasteiger partial charge in [0, 0.05) is 27.5 Å². The maximum absolute atomic E-state index is 10.9. The molecule has 0 saturated carbocycles. The molecule has 0 unspecified atom stereocenters. The van der Waals surface area contributed by atoms with E-state index in [-0.39, 0.29) is 17.5 Å². The number of hydrogen-bond acceptors (Lipinski definition) is 6. The van der Waals surface area contributed by atoms with Crippen LogP contribution in [0.2, 0.25) is 0 Å². The molecule has 2 aromatic carbocycles. The summed E-state index contributed by atoms with van der Waals surface area (Å²) in [6.07, 6.45) is 1.75. The predicted molar refractivity (Wildman–Crippen MR) is 110 cm³/mol. The number of nitro groups is 1. The highest BCUT2D eigenvalue weighted by molar-refractivity contribution is 7.16. The highest BCUT2D eigenvalue weighted by atomic mass is 35.5. The molecule has 4 rings (SSSR count). The lowest BCUT2D eigenvalue weighted by Crippen LogP contribution is -1.88. The fraction of sp³-hybridized carbons (Fsp3) is 0. The van der Waals surface area contributed by atoms with Gasteiger partial charge in [-0.15, -0.1) is 21.5 Å². The summed E-state index contributed by atoms with van der Waals surface area (Å²) < 4.78 is 5.59. The monoisotopic (exact) mass is 409 g/mol. The van der Waals surface area contributed by atoms with E-state index in [9.17, 15) is 10.1 Å². The van der Waals surface area contributed by atoms with Gasteiger partial charge >= 0.3 is 0 Å². The summed E-state index contributed by atoms with van der Waals surface area (Å²) in [5.41, 5.74) is 1.54. The highest BCUT2D eigenvalue weighted by Crippen LogP contribution is 2.32. The number of nitrogens with zero attached hydrogens (tertiary/aromatic N) is 3. The lowest BCUT2D eigenvalue weighted by Gasteiger charge is -1.95. The van der Waals surface area contributed by atoms with Crippen LogP contribution >= 0.6 is 22.9 Å². The Morgan fingerprint density at radius 3 is 2.61 bits per heavy atom. The number of halogens is 1. The number of nitro benzene ring substituents is 1. The third-order valence-corrected chi connectivity index (χ3v) is 5.24. The third kappa shape index (κ3) is 3.85. The second-order valence-corrected chi connectivity index (χ2v) is 7.30. The minimum absolute atomic E-state index is 0.0501. The molecule has 0 saturated heterocycles. The maximum atomic E-state index is 10.9. The largest absolute Gasteiger partial charge is 0.415 e. The van der Waals surface area contributed by atoms with Crippen LogP contribution in [0, 0.1) is 10.1 Å². The van der Waals surface area contributed by atoms with Crippen molar-refractivity contribution in [3.05, 3.63) is 87.6 Å². The van der Waals surface area contributed by atoms with E-state index in [1.165, 1.54) is 12.1 Å². The molecule has 2 heterocycles. The van der Waals surface area contributed by atoms with Gasteiger partial charge in [0.2, 0.25) is 5.89 Å². The van der Waals surface area contributed by atoms with Crippen molar-refractivity contribution < 1.29 is 9.34 Å². The second kappa shape index (κ2) is 7.75. The molecule has 0 atom stereocenters. The Kier molecular flexibility index (Phi) is 5.01. The van der Waals surface area contributed by atoms with Gasteiger partial charge in [-0.3, -0.25) is 10.1 Å². The van der Waals surface area contributed by atoms with E-state index in [4.69, 9.17) is 16.0 Å². The number of rotatable bonds is 5. The first kappa shape index (κ1) is 18.1. The number of thiophene rings is 1. The van der Waals surface area contributed by atoms with E-state index >= 15 is 0 Å². The first-order chi connectivity index (χ1) is 13.6. The van der Waals surface area contributed by atoms with Crippen LogP contribution in [0.15, 0.2) is 71.1 Å². The van der Waals surface area contributed by atoms with Crippen LogP contribution in [0.25, 0.3) is 33.0 Å². The average molecular weight is 410 g/mol.